The summed E-state index contributed by atoms with van der Waals surface area (Å²) in [5, 5.41) is 3.62. The van der Waals surface area contributed by atoms with E-state index in [1.54, 1.807) is 11.8 Å². The molecule has 0 bridgehead atoms. The van der Waals surface area contributed by atoms with E-state index in [1.165, 1.54) is 56.9 Å². The molecule has 1 aliphatic carbocycles. The van der Waals surface area contributed by atoms with Crippen molar-refractivity contribution < 1.29 is 0 Å². The van der Waals surface area contributed by atoms with Gasteiger partial charge >= 0.3 is 0 Å². The van der Waals surface area contributed by atoms with E-state index in [-0.39, 0.29) is 0 Å². The highest BCUT2D eigenvalue weighted by Gasteiger charge is 2.32. The van der Waals surface area contributed by atoms with Gasteiger partial charge in [0.15, 0.2) is 0 Å². The van der Waals surface area contributed by atoms with E-state index in [2.05, 4.69) is 64.1 Å². The fourth-order valence-electron chi connectivity index (χ4n) is 5.09. The van der Waals surface area contributed by atoms with Crippen molar-refractivity contribution in [2.45, 2.75) is 120 Å². The molecule has 1 atom stereocenters. The average molecular weight is 583 g/mol. The van der Waals surface area contributed by atoms with Crippen LogP contribution in [0.15, 0.2) is 72.7 Å². The number of allylic oxidation sites excluding steroid dienone is 3. The fraction of sp³-hybridized carbons (Fsp3) is 0.579. The van der Waals surface area contributed by atoms with E-state index >= 15 is 0 Å². The lowest BCUT2D eigenvalue weighted by Gasteiger charge is -2.39. The van der Waals surface area contributed by atoms with Gasteiger partial charge in [0.05, 0.1) is 0 Å². The van der Waals surface area contributed by atoms with E-state index in [4.69, 9.17) is 5.73 Å². The molecule has 0 aliphatic heterocycles. The van der Waals surface area contributed by atoms with Crippen LogP contribution in [0.4, 0.5) is 0 Å². The fourth-order valence-corrected chi connectivity index (χ4v) is 5.91. The molecule has 234 valence electrons. The van der Waals surface area contributed by atoms with E-state index in [0.29, 0.717) is 11.1 Å². The quantitative estimate of drug-likeness (QED) is 0.159. The molecule has 2 nitrogen and oxygen atoms in total. The molecule has 3 N–H and O–H groups in total. The lowest BCUT2D eigenvalue weighted by Crippen LogP contribution is -2.30. The van der Waals surface area contributed by atoms with Crippen molar-refractivity contribution in [2.75, 3.05) is 13.1 Å². The lowest BCUT2D eigenvalue weighted by atomic mass is 9.66. The first-order valence-corrected chi connectivity index (χ1v) is 17.3. The van der Waals surface area contributed by atoms with Gasteiger partial charge in [-0.3, -0.25) is 0 Å². The molecule has 0 saturated heterocycles. The number of benzene rings is 1. The summed E-state index contributed by atoms with van der Waals surface area (Å²) < 4.78 is 0. The van der Waals surface area contributed by atoms with Crippen LogP contribution in [0.2, 0.25) is 0 Å². The maximum absolute atomic E-state index is 5.78. The van der Waals surface area contributed by atoms with Gasteiger partial charge in [-0.25, -0.2) is 0 Å². The molecule has 0 spiro atoms. The molecular formula is C38H66N2S. The summed E-state index contributed by atoms with van der Waals surface area (Å²) in [7, 11) is 0. The summed E-state index contributed by atoms with van der Waals surface area (Å²) in [5.41, 5.74) is 10.1. The Bertz CT molecular complexity index is 887. The van der Waals surface area contributed by atoms with E-state index in [9.17, 15) is 0 Å². The van der Waals surface area contributed by atoms with Gasteiger partial charge in [0.25, 0.3) is 0 Å². The standard InChI is InChI=1S/C32H48N2S.3C2H6/c1-7-14-29(26(4)35-27(5)30-20-18-28(19-21-30)25(3)33)15-12-23-34-24-13-22-32(6,8-2)31-16-10-9-11-17-31;3*1-2/h12,14-15,18-21,31,34H,3-5,7-11,13,16-17,22-24,33H2,1-2,6H3;3*1-2H3/b15-12-,29-14+;;;. The number of thioether (sulfide) groups is 1. The molecule has 3 heteroatoms. The van der Waals surface area contributed by atoms with Crippen LogP contribution < -0.4 is 11.1 Å². The molecular weight excluding hydrogens is 516 g/mol. The molecule has 0 aromatic heterocycles. The molecule has 1 aromatic carbocycles. The lowest BCUT2D eigenvalue weighted by molar-refractivity contribution is 0.116. The first-order valence-electron chi connectivity index (χ1n) is 16.5. The minimum absolute atomic E-state index is 0.519. The summed E-state index contributed by atoms with van der Waals surface area (Å²) in [6, 6.07) is 8.05. The third-order valence-corrected chi connectivity index (χ3v) is 8.59. The van der Waals surface area contributed by atoms with Crippen LogP contribution in [-0.4, -0.2) is 13.1 Å². The van der Waals surface area contributed by atoms with E-state index in [0.717, 1.165) is 46.4 Å². The van der Waals surface area contributed by atoms with E-state index in [1.807, 2.05) is 65.8 Å². The molecule has 1 aliphatic rings. The Kier molecular flexibility index (Phi) is 25.8. The van der Waals surface area contributed by atoms with Crippen LogP contribution in [0.25, 0.3) is 10.6 Å². The van der Waals surface area contributed by atoms with Gasteiger partial charge in [-0.15, -0.1) is 0 Å². The van der Waals surface area contributed by atoms with Gasteiger partial charge in [-0.05, 0) is 66.7 Å². The van der Waals surface area contributed by atoms with Crippen LogP contribution >= 0.6 is 11.8 Å². The first kappa shape index (κ1) is 41.2. The summed E-state index contributed by atoms with van der Waals surface area (Å²) in [4.78, 5) is 2.00. The van der Waals surface area contributed by atoms with Crippen molar-refractivity contribution in [3.05, 3.63) is 83.8 Å². The number of nitrogens with two attached hydrogens (primary N) is 1. The van der Waals surface area contributed by atoms with Gasteiger partial charge in [0.2, 0.25) is 0 Å². The van der Waals surface area contributed by atoms with Crippen molar-refractivity contribution in [1.29, 1.82) is 0 Å². The Hall–Kier alpha value is -1.97. The van der Waals surface area contributed by atoms with Crippen LogP contribution in [0.3, 0.4) is 0 Å². The van der Waals surface area contributed by atoms with Gasteiger partial charge in [0, 0.05) is 22.1 Å². The molecule has 0 radical (unpaired) electrons. The third-order valence-electron chi connectivity index (χ3n) is 7.63. The summed E-state index contributed by atoms with van der Waals surface area (Å²) in [6.45, 7) is 33.4. The minimum Gasteiger partial charge on any atom is -0.399 e. The topological polar surface area (TPSA) is 38.0 Å². The highest BCUT2D eigenvalue weighted by molar-refractivity contribution is 8.11. The molecule has 1 saturated carbocycles. The maximum Gasteiger partial charge on any atom is 0.0314 e. The van der Waals surface area contributed by atoms with Gasteiger partial charge < -0.3 is 11.1 Å². The largest absolute Gasteiger partial charge is 0.399 e. The molecule has 41 heavy (non-hydrogen) atoms. The minimum atomic E-state index is 0.519. The normalized spacial score (nSPS) is 14.8. The Morgan fingerprint density at radius 2 is 1.51 bits per heavy atom. The monoisotopic (exact) mass is 582 g/mol. The predicted octanol–water partition coefficient (Wildman–Crippen LogP) is 12.2. The van der Waals surface area contributed by atoms with Crippen molar-refractivity contribution in [1.82, 2.24) is 5.32 Å². The third kappa shape index (κ3) is 16.3. The Morgan fingerprint density at radius 1 is 0.951 bits per heavy atom. The highest BCUT2D eigenvalue weighted by atomic mass is 32.2. The summed E-state index contributed by atoms with van der Waals surface area (Å²) >= 11 is 1.62. The Morgan fingerprint density at radius 3 is 2.02 bits per heavy atom. The number of nitrogens with one attached hydrogen (secondary N) is 1. The van der Waals surface area contributed by atoms with Gasteiger partial charge in [-0.2, -0.15) is 0 Å². The zero-order valence-electron chi connectivity index (χ0n) is 28.5. The Labute approximate surface area is 261 Å². The molecule has 1 aromatic rings. The van der Waals surface area contributed by atoms with Gasteiger partial charge in [0.1, 0.15) is 0 Å². The predicted molar refractivity (Wildman–Crippen MR) is 194 cm³/mol. The van der Waals surface area contributed by atoms with Crippen LogP contribution in [0.1, 0.15) is 131 Å². The van der Waals surface area contributed by atoms with Crippen molar-refractivity contribution in [3.8, 4) is 0 Å². The number of hydrogen-bond acceptors (Lipinski definition) is 3. The second-order valence-corrected chi connectivity index (χ2v) is 11.4. The van der Waals surface area contributed by atoms with Crippen molar-refractivity contribution in [3.63, 3.8) is 0 Å². The van der Waals surface area contributed by atoms with Crippen LogP contribution in [0, 0.1) is 11.3 Å². The van der Waals surface area contributed by atoms with Crippen molar-refractivity contribution >= 4 is 22.4 Å². The average Bonchev–Trinajstić information content (AvgIpc) is 3.03. The van der Waals surface area contributed by atoms with Crippen molar-refractivity contribution in [2.24, 2.45) is 17.1 Å². The second-order valence-electron chi connectivity index (χ2n) is 10.2. The zero-order chi connectivity index (χ0) is 31.7. The summed E-state index contributed by atoms with van der Waals surface area (Å²) in [5.74, 6) is 0.930. The van der Waals surface area contributed by atoms with Crippen LogP contribution in [0.5, 0.6) is 0 Å². The number of hydrogen-bond donors (Lipinski definition) is 2. The molecule has 1 fully saturated rings. The number of rotatable bonds is 15. The smallest absolute Gasteiger partial charge is 0.0314 e. The maximum atomic E-state index is 5.78. The Balaban J connectivity index is 0. The summed E-state index contributed by atoms with van der Waals surface area (Å²) in [6.07, 6.45) is 18.7. The molecule has 2 rings (SSSR count). The molecule has 0 heterocycles. The molecule has 0 amide bonds. The first-order chi connectivity index (χ1) is 19.8. The van der Waals surface area contributed by atoms with Gasteiger partial charge in [-0.1, -0.05) is 162 Å². The van der Waals surface area contributed by atoms with E-state index < -0.39 is 0 Å². The molecule has 1 unspecified atom stereocenters. The zero-order valence-corrected chi connectivity index (χ0v) is 29.3. The van der Waals surface area contributed by atoms with Crippen LogP contribution in [-0.2, 0) is 0 Å². The highest BCUT2D eigenvalue weighted by Crippen LogP contribution is 2.44. The SMILES string of the molecule is C=C(SC(=C)c1ccc(C(=C)N)cc1)C(/C=C\CNCCCC(C)(CC)C1CCCCC1)=C/CC.CC.CC.CC. The second kappa shape index (κ2) is 25.7.